The molecule has 1 unspecified atom stereocenters. The number of hydrogen-bond donors (Lipinski definition) is 4. The van der Waals surface area contributed by atoms with Gasteiger partial charge in [-0.25, -0.2) is 0 Å². The van der Waals surface area contributed by atoms with E-state index in [2.05, 4.69) is 19.1 Å². The summed E-state index contributed by atoms with van der Waals surface area (Å²) in [4.78, 5) is 12.1. The zero-order valence-corrected chi connectivity index (χ0v) is 19.5. The number of ketones is 1. The van der Waals surface area contributed by atoms with Crippen molar-refractivity contribution in [3.05, 3.63) is 12.2 Å². The Morgan fingerprint density at radius 2 is 1.42 bits per heavy atom. The van der Waals surface area contributed by atoms with Gasteiger partial charge in [-0.3, -0.25) is 4.79 Å². The maximum absolute atomic E-state index is 12.1. The van der Waals surface area contributed by atoms with Crippen molar-refractivity contribution >= 4 is 5.78 Å². The molecule has 182 valence electrons. The minimum Gasteiger partial charge on any atom is -0.394 e. The van der Waals surface area contributed by atoms with E-state index in [-0.39, 0.29) is 12.2 Å². The normalized spacial score (nSPS) is 24.8. The fraction of sp³-hybridized carbons (Fsp3) is 0.880. The molecule has 0 aromatic rings. The lowest BCUT2D eigenvalue weighted by atomic mass is 9.99. The molecule has 1 heterocycles. The molecule has 4 N–H and O–H groups in total. The first-order chi connectivity index (χ1) is 15.0. The van der Waals surface area contributed by atoms with Gasteiger partial charge >= 0.3 is 0 Å². The van der Waals surface area contributed by atoms with Gasteiger partial charge in [0.05, 0.1) is 12.7 Å². The topological polar surface area (TPSA) is 107 Å². The summed E-state index contributed by atoms with van der Waals surface area (Å²) in [5, 5.41) is 38.5. The molecule has 6 heteroatoms. The predicted octanol–water partition coefficient (Wildman–Crippen LogP) is 3.83. The molecule has 0 bridgehead atoms. The fourth-order valence-corrected chi connectivity index (χ4v) is 4.09. The number of Topliss-reactive ketones (excluding diaryl/α,β-unsaturated/α-hetero) is 1. The highest BCUT2D eigenvalue weighted by Crippen LogP contribution is 2.26. The Balaban J connectivity index is 1.97. The number of aliphatic hydroxyl groups excluding tert-OH is 4. The standard InChI is InChI=1S/C25H46O6/c1-2-3-4-5-6-7-8-9-10-11-12-13-14-15-16-17-20(27)18-22-23(29)24(30)25(31-22)21(28)19-26/h9-10,21-26,28-30H,2-8,11-19H2,1H3/b10-9-/t21-,22?,23+,24-,25-/m1/s1. The summed E-state index contributed by atoms with van der Waals surface area (Å²) in [7, 11) is 0. The molecule has 6 nitrogen and oxygen atoms in total. The van der Waals surface area contributed by atoms with Gasteiger partial charge in [0.25, 0.3) is 0 Å². The molecule has 0 aromatic heterocycles. The van der Waals surface area contributed by atoms with Crippen molar-refractivity contribution in [1.82, 2.24) is 0 Å². The van der Waals surface area contributed by atoms with Crippen molar-refractivity contribution in [2.75, 3.05) is 6.61 Å². The van der Waals surface area contributed by atoms with E-state index in [9.17, 15) is 20.1 Å². The molecule has 0 radical (unpaired) electrons. The number of hydrogen-bond acceptors (Lipinski definition) is 6. The minimum absolute atomic E-state index is 0.00647. The number of aliphatic hydroxyl groups is 4. The van der Waals surface area contributed by atoms with Crippen molar-refractivity contribution in [2.45, 2.75) is 134 Å². The summed E-state index contributed by atoms with van der Waals surface area (Å²) >= 11 is 0. The lowest BCUT2D eigenvalue weighted by Gasteiger charge is -2.18. The Bertz CT molecular complexity index is 481. The second-order valence-electron chi connectivity index (χ2n) is 8.95. The van der Waals surface area contributed by atoms with E-state index < -0.39 is 37.1 Å². The van der Waals surface area contributed by atoms with Crippen LogP contribution in [-0.2, 0) is 9.53 Å². The Kier molecular flexibility index (Phi) is 16.2. The van der Waals surface area contributed by atoms with E-state index in [4.69, 9.17) is 9.84 Å². The van der Waals surface area contributed by atoms with E-state index in [1.807, 2.05) is 0 Å². The molecule has 0 spiro atoms. The Morgan fingerprint density at radius 3 is 2.00 bits per heavy atom. The molecule has 1 aliphatic heterocycles. The zero-order chi connectivity index (χ0) is 22.9. The summed E-state index contributed by atoms with van der Waals surface area (Å²) in [6.07, 6.45) is 15.1. The third-order valence-electron chi connectivity index (χ3n) is 6.11. The molecule has 0 aliphatic carbocycles. The van der Waals surface area contributed by atoms with Crippen LogP contribution < -0.4 is 0 Å². The van der Waals surface area contributed by atoms with Crippen LogP contribution in [0.5, 0.6) is 0 Å². The maximum Gasteiger partial charge on any atom is 0.135 e. The Labute approximate surface area is 188 Å². The van der Waals surface area contributed by atoms with E-state index in [1.54, 1.807) is 0 Å². The summed E-state index contributed by atoms with van der Waals surface area (Å²) in [6.45, 7) is 1.68. The smallest absolute Gasteiger partial charge is 0.135 e. The lowest BCUT2D eigenvalue weighted by molar-refractivity contribution is -0.125. The molecular weight excluding hydrogens is 396 g/mol. The first-order valence-electron chi connectivity index (χ1n) is 12.5. The zero-order valence-electron chi connectivity index (χ0n) is 19.5. The number of carbonyl (C=O) groups is 1. The van der Waals surface area contributed by atoms with Crippen molar-refractivity contribution in [3.8, 4) is 0 Å². The molecule has 1 saturated heterocycles. The van der Waals surface area contributed by atoms with Crippen LogP contribution in [0.1, 0.15) is 103 Å². The predicted molar refractivity (Wildman–Crippen MR) is 123 cm³/mol. The van der Waals surface area contributed by atoms with Crippen molar-refractivity contribution in [3.63, 3.8) is 0 Å². The molecule has 1 rings (SSSR count). The van der Waals surface area contributed by atoms with E-state index >= 15 is 0 Å². The highest BCUT2D eigenvalue weighted by atomic mass is 16.6. The molecular formula is C25H46O6. The van der Waals surface area contributed by atoms with Crippen LogP contribution in [0.15, 0.2) is 12.2 Å². The second kappa shape index (κ2) is 17.7. The van der Waals surface area contributed by atoms with Crippen LogP contribution in [0.4, 0.5) is 0 Å². The van der Waals surface area contributed by atoms with Crippen LogP contribution in [-0.4, -0.2) is 63.3 Å². The number of carbonyl (C=O) groups excluding carboxylic acids is 1. The maximum atomic E-state index is 12.1. The molecule has 0 amide bonds. The molecule has 0 saturated carbocycles. The van der Waals surface area contributed by atoms with Gasteiger partial charge in [-0.15, -0.1) is 0 Å². The highest BCUT2D eigenvalue weighted by Gasteiger charge is 2.46. The first-order valence-corrected chi connectivity index (χ1v) is 12.5. The Hall–Kier alpha value is -0.790. The average Bonchev–Trinajstić information content (AvgIpc) is 3.04. The monoisotopic (exact) mass is 442 g/mol. The SMILES string of the molecule is CCCCCCCC/C=C\CCCCCCCC(=O)CC1O[C@H]([C@H](O)CO)[C@H](O)[C@H]1O. The van der Waals surface area contributed by atoms with Gasteiger partial charge in [0.2, 0.25) is 0 Å². The largest absolute Gasteiger partial charge is 0.394 e. The van der Waals surface area contributed by atoms with Gasteiger partial charge in [-0.2, -0.15) is 0 Å². The molecule has 1 aliphatic rings. The van der Waals surface area contributed by atoms with Crippen molar-refractivity contribution in [1.29, 1.82) is 0 Å². The first kappa shape index (κ1) is 28.2. The number of rotatable bonds is 19. The van der Waals surface area contributed by atoms with Crippen LogP contribution in [0.2, 0.25) is 0 Å². The van der Waals surface area contributed by atoms with Crippen molar-refractivity contribution in [2.24, 2.45) is 0 Å². The van der Waals surface area contributed by atoms with Gasteiger partial charge in [0, 0.05) is 12.8 Å². The quantitative estimate of drug-likeness (QED) is 0.179. The summed E-state index contributed by atoms with van der Waals surface area (Å²) < 4.78 is 5.40. The summed E-state index contributed by atoms with van der Waals surface area (Å²) in [6, 6.07) is 0. The van der Waals surface area contributed by atoms with Gasteiger partial charge in [0.15, 0.2) is 0 Å². The Morgan fingerprint density at radius 1 is 0.871 bits per heavy atom. The third kappa shape index (κ3) is 12.1. The third-order valence-corrected chi connectivity index (χ3v) is 6.11. The van der Waals surface area contributed by atoms with Gasteiger partial charge in [-0.05, 0) is 32.1 Å². The number of allylic oxidation sites excluding steroid dienone is 2. The minimum atomic E-state index is -1.29. The number of ether oxygens (including phenoxy) is 1. The van der Waals surface area contributed by atoms with E-state index in [1.165, 1.54) is 57.8 Å². The summed E-state index contributed by atoms with van der Waals surface area (Å²) in [5.41, 5.74) is 0. The van der Waals surface area contributed by atoms with Crippen LogP contribution in [0.25, 0.3) is 0 Å². The average molecular weight is 443 g/mol. The second-order valence-corrected chi connectivity index (χ2v) is 8.95. The van der Waals surface area contributed by atoms with E-state index in [0.29, 0.717) is 6.42 Å². The summed E-state index contributed by atoms with van der Waals surface area (Å²) in [5.74, 6) is -0.00647. The lowest BCUT2D eigenvalue weighted by Crippen LogP contribution is -2.40. The molecule has 31 heavy (non-hydrogen) atoms. The van der Waals surface area contributed by atoms with Crippen LogP contribution >= 0.6 is 0 Å². The van der Waals surface area contributed by atoms with Crippen LogP contribution in [0.3, 0.4) is 0 Å². The van der Waals surface area contributed by atoms with Gasteiger partial charge < -0.3 is 25.2 Å². The van der Waals surface area contributed by atoms with Gasteiger partial charge in [-0.1, -0.05) is 70.4 Å². The fourth-order valence-electron chi connectivity index (χ4n) is 4.09. The highest BCUT2D eigenvalue weighted by molar-refractivity contribution is 5.79. The van der Waals surface area contributed by atoms with Crippen molar-refractivity contribution < 1.29 is 30.0 Å². The number of unbranched alkanes of at least 4 members (excludes halogenated alkanes) is 11. The molecule has 5 atom stereocenters. The molecule has 0 aromatic carbocycles. The van der Waals surface area contributed by atoms with E-state index in [0.717, 1.165) is 25.7 Å². The molecule has 1 fully saturated rings. The van der Waals surface area contributed by atoms with Gasteiger partial charge in [0.1, 0.15) is 30.2 Å². The van der Waals surface area contributed by atoms with Crippen LogP contribution in [0, 0.1) is 0 Å².